The third kappa shape index (κ3) is 5.02. The number of carbonyl (C=O) groups is 2. The van der Waals surface area contributed by atoms with Crippen molar-refractivity contribution in [3.8, 4) is 5.75 Å². The SMILES string of the molecule is O=C(O)COc1ccc(/C=C2\SC(=Nc3ccccc3)N(c3ccccc3)C2=O)cc1. The molecule has 154 valence electrons. The summed E-state index contributed by atoms with van der Waals surface area (Å²) in [6.07, 6.45) is 1.79. The van der Waals surface area contributed by atoms with Gasteiger partial charge < -0.3 is 9.84 Å². The number of hydrogen-bond acceptors (Lipinski definition) is 5. The summed E-state index contributed by atoms with van der Waals surface area (Å²) in [5.41, 5.74) is 2.31. The van der Waals surface area contributed by atoms with Gasteiger partial charge in [-0.1, -0.05) is 48.5 Å². The molecule has 1 aliphatic heterocycles. The van der Waals surface area contributed by atoms with Crippen molar-refractivity contribution in [3.05, 3.63) is 95.4 Å². The van der Waals surface area contributed by atoms with Gasteiger partial charge in [0.1, 0.15) is 5.75 Å². The average molecular weight is 430 g/mol. The fourth-order valence-electron chi connectivity index (χ4n) is 2.92. The van der Waals surface area contributed by atoms with E-state index < -0.39 is 12.6 Å². The minimum atomic E-state index is -1.04. The minimum absolute atomic E-state index is 0.155. The van der Waals surface area contributed by atoms with E-state index >= 15 is 0 Å². The molecule has 0 spiro atoms. The Hall–Kier alpha value is -3.84. The Morgan fingerprint density at radius 3 is 2.26 bits per heavy atom. The van der Waals surface area contributed by atoms with Crippen LogP contribution >= 0.6 is 11.8 Å². The number of rotatable bonds is 6. The zero-order chi connectivity index (χ0) is 21.6. The van der Waals surface area contributed by atoms with Crippen molar-refractivity contribution in [1.82, 2.24) is 0 Å². The van der Waals surface area contributed by atoms with E-state index in [2.05, 4.69) is 4.99 Å². The van der Waals surface area contributed by atoms with E-state index in [-0.39, 0.29) is 5.91 Å². The molecule has 0 saturated carbocycles. The van der Waals surface area contributed by atoms with Crippen LogP contribution in [0.1, 0.15) is 5.56 Å². The average Bonchev–Trinajstić information content (AvgIpc) is 3.09. The Kier molecular flexibility index (Phi) is 6.14. The molecule has 0 aromatic heterocycles. The number of amidine groups is 1. The van der Waals surface area contributed by atoms with Gasteiger partial charge in [-0.3, -0.25) is 9.69 Å². The van der Waals surface area contributed by atoms with Crippen LogP contribution in [0.3, 0.4) is 0 Å². The maximum atomic E-state index is 13.2. The van der Waals surface area contributed by atoms with Gasteiger partial charge in [0.15, 0.2) is 11.8 Å². The van der Waals surface area contributed by atoms with Crippen LogP contribution in [0.4, 0.5) is 11.4 Å². The molecule has 0 aliphatic carbocycles. The highest BCUT2D eigenvalue weighted by Crippen LogP contribution is 2.37. The summed E-state index contributed by atoms with van der Waals surface area (Å²) in [6, 6.07) is 25.8. The Labute approximate surface area is 183 Å². The number of carboxylic acid groups (broad SMARTS) is 1. The third-order valence-corrected chi connectivity index (χ3v) is 5.31. The normalized spacial score (nSPS) is 16.1. The highest BCUT2D eigenvalue weighted by atomic mass is 32.2. The van der Waals surface area contributed by atoms with Gasteiger partial charge in [-0.2, -0.15) is 0 Å². The number of anilines is 1. The lowest BCUT2D eigenvalue weighted by molar-refractivity contribution is -0.139. The van der Waals surface area contributed by atoms with E-state index in [0.717, 1.165) is 16.9 Å². The topological polar surface area (TPSA) is 79.2 Å². The second-order valence-electron chi connectivity index (χ2n) is 6.57. The maximum absolute atomic E-state index is 13.2. The molecule has 1 heterocycles. The molecular weight excluding hydrogens is 412 g/mol. The number of aliphatic carboxylic acids is 1. The number of benzene rings is 3. The summed E-state index contributed by atoms with van der Waals surface area (Å²) >= 11 is 1.31. The van der Waals surface area contributed by atoms with Gasteiger partial charge in [0.05, 0.1) is 16.3 Å². The Morgan fingerprint density at radius 2 is 1.61 bits per heavy atom. The van der Waals surface area contributed by atoms with Gasteiger partial charge in [-0.15, -0.1) is 0 Å². The van der Waals surface area contributed by atoms with Crippen molar-refractivity contribution in [2.75, 3.05) is 11.5 Å². The number of amides is 1. The molecule has 31 heavy (non-hydrogen) atoms. The first-order chi connectivity index (χ1) is 15.1. The highest BCUT2D eigenvalue weighted by Gasteiger charge is 2.34. The van der Waals surface area contributed by atoms with Crippen molar-refractivity contribution >= 4 is 46.3 Å². The Bertz CT molecular complexity index is 1140. The Balaban J connectivity index is 1.64. The van der Waals surface area contributed by atoms with E-state index in [1.54, 1.807) is 35.2 Å². The van der Waals surface area contributed by atoms with E-state index in [1.165, 1.54) is 11.8 Å². The molecule has 7 heteroatoms. The highest BCUT2D eigenvalue weighted by molar-refractivity contribution is 8.19. The molecule has 3 aromatic carbocycles. The summed E-state index contributed by atoms with van der Waals surface area (Å²) in [5, 5.41) is 9.29. The van der Waals surface area contributed by atoms with Crippen LogP contribution in [0.15, 0.2) is 94.8 Å². The zero-order valence-electron chi connectivity index (χ0n) is 16.3. The van der Waals surface area contributed by atoms with E-state index in [4.69, 9.17) is 9.84 Å². The van der Waals surface area contributed by atoms with E-state index in [1.807, 2.05) is 60.7 Å². The van der Waals surface area contributed by atoms with Gasteiger partial charge in [-0.05, 0) is 59.8 Å². The summed E-state index contributed by atoms with van der Waals surface area (Å²) in [5.74, 6) is -0.741. The first kappa shape index (κ1) is 20.4. The molecule has 0 unspecified atom stereocenters. The van der Waals surface area contributed by atoms with Gasteiger partial charge >= 0.3 is 5.97 Å². The molecule has 1 amide bonds. The molecule has 0 bridgehead atoms. The quantitative estimate of drug-likeness (QED) is 0.559. The molecule has 0 atom stereocenters. The van der Waals surface area contributed by atoms with Crippen LogP contribution < -0.4 is 9.64 Å². The zero-order valence-corrected chi connectivity index (χ0v) is 17.2. The van der Waals surface area contributed by atoms with Crippen molar-refractivity contribution in [3.63, 3.8) is 0 Å². The number of ether oxygens (including phenoxy) is 1. The summed E-state index contributed by atoms with van der Waals surface area (Å²) in [4.78, 5) is 30.7. The molecule has 3 aromatic rings. The molecule has 1 fully saturated rings. The first-order valence-corrected chi connectivity index (χ1v) is 10.3. The molecule has 0 radical (unpaired) electrons. The second kappa shape index (κ2) is 9.32. The molecule has 1 aliphatic rings. The fourth-order valence-corrected chi connectivity index (χ4v) is 3.92. The largest absolute Gasteiger partial charge is 0.482 e. The van der Waals surface area contributed by atoms with E-state index in [9.17, 15) is 9.59 Å². The van der Waals surface area contributed by atoms with Gasteiger partial charge in [0.25, 0.3) is 5.91 Å². The number of hydrogen-bond donors (Lipinski definition) is 1. The van der Waals surface area contributed by atoms with Gasteiger partial charge in [0, 0.05) is 0 Å². The lowest BCUT2D eigenvalue weighted by Gasteiger charge is -2.15. The minimum Gasteiger partial charge on any atom is -0.482 e. The van der Waals surface area contributed by atoms with Gasteiger partial charge in [-0.25, -0.2) is 9.79 Å². The fraction of sp³-hybridized carbons (Fsp3) is 0.0417. The maximum Gasteiger partial charge on any atom is 0.341 e. The number of carbonyl (C=O) groups excluding carboxylic acids is 1. The molecule has 6 nitrogen and oxygen atoms in total. The Morgan fingerprint density at radius 1 is 0.968 bits per heavy atom. The van der Waals surface area contributed by atoms with Crippen LogP contribution in [-0.4, -0.2) is 28.8 Å². The number of nitrogens with zero attached hydrogens (tertiary/aromatic N) is 2. The monoisotopic (exact) mass is 430 g/mol. The molecule has 1 N–H and O–H groups in total. The van der Waals surface area contributed by atoms with Crippen molar-refractivity contribution in [2.45, 2.75) is 0 Å². The van der Waals surface area contributed by atoms with Crippen LogP contribution in [0, 0.1) is 0 Å². The predicted molar refractivity (Wildman–Crippen MR) is 123 cm³/mol. The summed E-state index contributed by atoms with van der Waals surface area (Å²) < 4.78 is 5.15. The third-order valence-electron chi connectivity index (χ3n) is 4.34. The number of aliphatic imine (C=N–C) groups is 1. The van der Waals surface area contributed by atoms with Gasteiger partial charge in [0.2, 0.25) is 0 Å². The smallest absolute Gasteiger partial charge is 0.341 e. The van der Waals surface area contributed by atoms with Crippen LogP contribution in [-0.2, 0) is 9.59 Å². The predicted octanol–water partition coefficient (Wildman–Crippen LogP) is 4.96. The summed E-state index contributed by atoms with van der Waals surface area (Å²) in [7, 11) is 0. The molecular formula is C24H18N2O4S. The standard InChI is InChI=1S/C24H18N2O4S/c27-22(28)16-30-20-13-11-17(12-14-20)15-21-23(29)26(19-9-5-2-6-10-19)24(31-21)25-18-7-3-1-4-8-18/h1-15H,16H2,(H,27,28)/b21-15-,25-24?. The molecule has 1 saturated heterocycles. The second-order valence-corrected chi connectivity index (χ2v) is 7.58. The lowest BCUT2D eigenvalue weighted by Crippen LogP contribution is -2.28. The van der Waals surface area contributed by atoms with Crippen LogP contribution in [0.5, 0.6) is 5.75 Å². The van der Waals surface area contributed by atoms with Crippen LogP contribution in [0.25, 0.3) is 6.08 Å². The van der Waals surface area contributed by atoms with Crippen molar-refractivity contribution < 1.29 is 19.4 Å². The van der Waals surface area contributed by atoms with Crippen LogP contribution in [0.2, 0.25) is 0 Å². The summed E-state index contributed by atoms with van der Waals surface area (Å²) in [6.45, 7) is -0.403. The number of carboxylic acids is 1. The number of para-hydroxylation sites is 2. The first-order valence-electron chi connectivity index (χ1n) is 9.47. The van der Waals surface area contributed by atoms with E-state index in [0.29, 0.717) is 15.8 Å². The number of thioether (sulfide) groups is 1. The van der Waals surface area contributed by atoms with Crippen molar-refractivity contribution in [2.24, 2.45) is 4.99 Å². The molecule has 4 rings (SSSR count). The lowest BCUT2D eigenvalue weighted by atomic mass is 10.2. The van der Waals surface area contributed by atoms with Crippen molar-refractivity contribution in [1.29, 1.82) is 0 Å².